The van der Waals surface area contributed by atoms with E-state index >= 15 is 0 Å². The summed E-state index contributed by atoms with van der Waals surface area (Å²) in [6.45, 7) is 0. The second-order valence-electron chi connectivity index (χ2n) is 3.81. The summed E-state index contributed by atoms with van der Waals surface area (Å²) in [5, 5.41) is 9.82. The lowest BCUT2D eigenvalue weighted by Gasteiger charge is -2.12. The van der Waals surface area contributed by atoms with E-state index in [-0.39, 0.29) is 11.1 Å². The van der Waals surface area contributed by atoms with Gasteiger partial charge in [-0.3, -0.25) is 0 Å². The summed E-state index contributed by atoms with van der Waals surface area (Å²) in [5.41, 5.74) is -0.227. The van der Waals surface area contributed by atoms with Crippen LogP contribution in [0.4, 0.5) is 17.6 Å². The quantitative estimate of drug-likeness (QED) is 0.817. The van der Waals surface area contributed by atoms with Crippen molar-refractivity contribution in [2.45, 2.75) is 6.10 Å². The maximum Gasteiger partial charge on any atom is 0.126 e. The number of aliphatic hydroxyl groups excluding tert-OH is 1. The van der Waals surface area contributed by atoms with Gasteiger partial charge in [-0.2, -0.15) is 0 Å². The molecule has 0 atom stereocenters. The molecule has 0 aromatic heterocycles. The molecule has 0 aliphatic heterocycles. The van der Waals surface area contributed by atoms with E-state index in [1.165, 1.54) is 0 Å². The average Bonchev–Trinajstić information content (AvgIpc) is 2.25. The Kier molecular flexibility index (Phi) is 3.34. The Labute approximate surface area is 100 Å². The number of benzene rings is 2. The molecule has 0 bridgehead atoms. The number of aliphatic hydroxyl groups is 1. The van der Waals surface area contributed by atoms with E-state index in [1.54, 1.807) is 0 Å². The fourth-order valence-electron chi connectivity index (χ4n) is 1.66. The molecule has 0 radical (unpaired) electrons. The van der Waals surface area contributed by atoms with Crippen molar-refractivity contribution in [2.75, 3.05) is 0 Å². The van der Waals surface area contributed by atoms with E-state index in [0.717, 1.165) is 24.3 Å². The zero-order valence-corrected chi connectivity index (χ0v) is 9.00. The highest BCUT2D eigenvalue weighted by atomic mass is 19.1. The molecule has 2 rings (SSSR count). The molecule has 0 saturated heterocycles. The first kappa shape index (κ1) is 12.6. The van der Waals surface area contributed by atoms with Gasteiger partial charge in [0.2, 0.25) is 0 Å². The largest absolute Gasteiger partial charge is 0.384 e. The van der Waals surface area contributed by atoms with Gasteiger partial charge in [-0.1, -0.05) is 0 Å². The summed E-state index contributed by atoms with van der Waals surface area (Å²) < 4.78 is 51.9. The predicted octanol–water partition coefficient (Wildman–Crippen LogP) is 3.32. The van der Waals surface area contributed by atoms with Gasteiger partial charge in [0.1, 0.15) is 29.4 Å². The second-order valence-corrected chi connectivity index (χ2v) is 3.81. The lowest BCUT2D eigenvalue weighted by Crippen LogP contribution is -2.02. The van der Waals surface area contributed by atoms with Crippen LogP contribution in [0.15, 0.2) is 36.4 Å². The van der Waals surface area contributed by atoms with Crippen molar-refractivity contribution in [3.05, 3.63) is 70.8 Å². The van der Waals surface area contributed by atoms with Gasteiger partial charge >= 0.3 is 0 Å². The standard InChI is InChI=1S/C13H8F4O/c14-9-1-7(2-10(15)5-9)13(18)8-3-11(16)6-12(17)4-8/h1-6,13,18H. The molecule has 1 nitrogen and oxygen atoms in total. The van der Waals surface area contributed by atoms with Crippen molar-refractivity contribution < 1.29 is 22.7 Å². The van der Waals surface area contributed by atoms with Crippen molar-refractivity contribution >= 4 is 0 Å². The first-order chi connectivity index (χ1) is 8.45. The van der Waals surface area contributed by atoms with E-state index < -0.39 is 29.4 Å². The first-order valence-electron chi connectivity index (χ1n) is 5.06. The van der Waals surface area contributed by atoms with Crippen LogP contribution in [-0.4, -0.2) is 5.11 Å². The molecule has 0 unspecified atom stereocenters. The van der Waals surface area contributed by atoms with Gasteiger partial charge in [-0.25, -0.2) is 17.6 Å². The molecule has 1 N–H and O–H groups in total. The summed E-state index contributed by atoms with van der Waals surface area (Å²) in [7, 11) is 0. The Morgan fingerprint density at radius 1 is 0.611 bits per heavy atom. The summed E-state index contributed by atoms with van der Waals surface area (Å²) in [6, 6.07) is 4.88. The summed E-state index contributed by atoms with van der Waals surface area (Å²) >= 11 is 0. The van der Waals surface area contributed by atoms with Gasteiger partial charge in [-0.05, 0) is 35.4 Å². The third-order valence-electron chi connectivity index (χ3n) is 2.40. The Bertz CT molecular complexity index is 491. The lowest BCUT2D eigenvalue weighted by molar-refractivity contribution is 0.218. The number of hydrogen-bond acceptors (Lipinski definition) is 1. The molecule has 0 fully saturated rings. The molecule has 0 aliphatic carbocycles. The molecule has 0 amide bonds. The molecular weight excluding hydrogens is 248 g/mol. The van der Waals surface area contributed by atoms with Gasteiger partial charge in [-0.15, -0.1) is 0 Å². The topological polar surface area (TPSA) is 20.2 Å². The maximum absolute atomic E-state index is 13.0. The SMILES string of the molecule is OC(c1cc(F)cc(F)c1)c1cc(F)cc(F)c1. The monoisotopic (exact) mass is 256 g/mol. The van der Waals surface area contributed by atoms with Crippen molar-refractivity contribution in [2.24, 2.45) is 0 Å². The fourth-order valence-corrected chi connectivity index (χ4v) is 1.66. The van der Waals surface area contributed by atoms with Crippen molar-refractivity contribution in [3.8, 4) is 0 Å². The third kappa shape index (κ3) is 2.68. The molecule has 5 heteroatoms. The zero-order chi connectivity index (χ0) is 13.3. The van der Waals surface area contributed by atoms with Crippen LogP contribution in [0.25, 0.3) is 0 Å². The van der Waals surface area contributed by atoms with Gasteiger partial charge in [0.25, 0.3) is 0 Å². The highest BCUT2D eigenvalue weighted by Crippen LogP contribution is 2.24. The highest BCUT2D eigenvalue weighted by molar-refractivity contribution is 5.31. The Balaban J connectivity index is 2.43. The van der Waals surface area contributed by atoms with Crippen LogP contribution < -0.4 is 0 Å². The van der Waals surface area contributed by atoms with Crippen LogP contribution in [0.5, 0.6) is 0 Å². The van der Waals surface area contributed by atoms with Crippen molar-refractivity contribution in [1.82, 2.24) is 0 Å². The molecule has 0 spiro atoms. The van der Waals surface area contributed by atoms with E-state index in [4.69, 9.17) is 0 Å². The normalized spacial score (nSPS) is 11.0. The molecule has 2 aromatic carbocycles. The second kappa shape index (κ2) is 4.78. The Morgan fingerprint density at radius 2 is 0.889 bits per heavy atom. The number of halogens is 4. The first-order valence-corrected chi connectivity index (χ1v) is 5.06. The van der Waals surface area contributed by atoms with Gasteiger partial charge in [0, 0.05) is 12.1 Å². The Hall–Kier alpha value is -1.88. The average molecular weight is 256 g/mol. The van der Waals surface area contributed by atoms with Crippen LogP contribution in [0.2, 0.25) is 0 Å². The molecule has 0 aliphatic rings. The molecular formula is C13H8F4O. The minimum atomic E-state index is -1.50. The van der Waals surface area contributed by atoms with Crippen LogP contribution >= 0.6 is 0 Å². The van der Waals surface area contributed by atoms with Gasteiger partial charge in [0.15, 0.2) is 0 Å². The lowest BCUT2D eigenvalue weighted by atomic mass is 10.0. The minimum Gasteiger partial charge on any atom is -0.384 e. The van der Waals surface area contributed by atoms with Crippen LogP contribution in [0.1, 0.15) is 17.2 Å². The molecule has 2 aromatic rings. The minimum absolute atomic E-state index is 0.113. The van der Waals surface area contributed by atoms with Crippen LogP contribution in [0.3, 0.4) is 0 Å². The smallest absolute Gasteiger partial charge is 0.126 e. The van der Waals surface area contributed by atoms with Crippen molar-refractivity contribution in [3.63, 3.8) is 0 Å². The summed E-state index contributed by atoms with van der Waals surface area (Å²) in [4.78, 5) is 0. The molecule has 0 heterocycles. The highest BCUT2D eigenvalue weighted by Gasteiger charge is 2.14. The molecule has 0 saturated carbocycles. The van der Waals surface area contributed by atoms with E-state index in [0.29, 0.717) is 12.1 Å². The van der Waals surface area contributed by atoms with Crippen LogP contribution in [-0.2, 0) is 0 Å². The van der Waals surface area contributed by atoms with Gasteiger partial charge in [0.05, 0.1) is 0 Å². The zero-order valence-electron chi connectivity index (χ0n) is 9.00. The van der Waals surface area contributed by atoms with E-state index in [9.17, 15) is 22.7 Å². The van der Waals surface area contributed by atoms with Crippen LogP contribution in [0, 0.1) is 23.3 Å². The Morgan fingerprint density at radius 3 is 1.17 bits per heavy atom. The molecule has 18 heavy (non-hydrogen) atoms. The van der Waals surface area contributed by atoms with Gasteiger partial charge < -0.3 is 5.11 Å². The number of hydrogen-bond donors (Lipinski definition) is 1. The molecule has 94 valence electrons. The fraction of sp³-hybridized carbons (Fsp3) is 0.0769. The number of rotatable bonds is 2. The summed E-state index contributed by atoms with van der Waals surface area (Å²) in [6.07, 6.45) is -1.50. The van der Waals surface area contributed by atoms with Crippen molar-refractivity contribution in [1.29, 1.82) is 0 Å². The van der Waals surface area contributed by atoms with E-state index in [1.807, 2.05) is 0 Å². The summed E-state index contributed by atoms with van der Waals surface area (Å²) in [5.74, 6) is -3.50. The predicted molar refractivity (Wildman–Crippen MR) is 56.8 cm³/mol. The third-order valence-corrected chi connectivity index (χ3v) is 2.40. The van der Waals surface area contributed by atoms with E-state index in [2.05, 4.69) is 0 Å². The maximum atomic E-state index is 13.0.